The number of hydrogen-bond donors (Lipinski definition) is 0. The molecule has 0 aromatic rings. The van der Waals surface area contributed by atoms with Gasteiger partial charge in [-0.2, -0.15) is 0 Å². The van der Waals surface area contributed by atoms with E-state index in [0.717, 1.165) is 0 Å². The van der Waals surface area contributed by atoms with Gasteiger partial charge in [0.05, 0.1) is 0 Å². The standard InChI is InChI=1S/2C4H4NO3.2C4H9O.Ti/c2*6-3-1-2-4(7)5(3)8;2*1-4(2,3)5;/h2*1-2H2;2*1-3H3;/q4*-1;+4. The van der Waals surface area contributed by atoms with Crippen molar-refractivity contribution in [1.29, 1.82) is 0 Å². The molecule has 0 N–H and O–H groups in total. The van der Waals surface area contributed by atoms with Gasteiger partial charge in [-0.15, -0.1) is 0 Å². The number of hydroxylamine groups is 4. The van der Waals surface area contributed by atoms with Gasteiger partial charge in [0.15, 0.2) is 0 Å². The Morgan fingerprint density at radius 3 is 1.11 bits per heavy atom. The summed E-state index contributed by atoms with van der Waals surface area (Å²) in [6, 6.07) is 0. The maximum atomic E-state index is 12.1. The third-order valence-electron chi connectivity index (χ3n) is 3.28. The molecule has 0 atom stereocenters. The van der Waals surface area contributed by atoms with Crippen LogP contribution in [0.3, 0.4) is 0 Å². The summed E-state index contributed by atoms with van der Waals surface area (Å²) in [6.45, 7) is 10.2. The van der Waals surface area contributed by atoms with E-state index in [9.17, 15) is 19.2 Å². The molecule has 11 heteroatoms. The molecule has 2 fully saturated rings. The van der Waals surface area contributed by atoms with Gasteiger partial charge in [-0.05, 0) is 0 Å². The van der Waals surface area contributed by atoms with E-state index >= 15 is 0 Å². The van der Waals surface area contributed by atoms with E-state index in [1.165, 1.54) is 0 Å². The molecule has 2 heterocycles. The first kappa shape index (κ1) is 22.1. The average molecular weight is 422 g/mol. The van der Waals surface area contributed by atoms with Gasteiger partial charge in [0.1, 0.15) is 0 Å². The molecule has 2 saturated heterocycles. The monoisotopic (exact) mass is 422 g/mol. The number of hydrogen-bond acceptors (Lipinski definition) is 8. The molecule has 0 spiro atoms. The Balaban J connectivity index is 2.43. The second-order valence-corrected chi connectivity index (χ2v) is 11.0. The van der Waals surface area contributed by atoms with Crippen molar-refractivity contribution in [2.45, 2.75) is 78.4 Å². The van der Waals surface area contributed by atoms with Crippen molar-refractivity contribution in [3.8, 4) is 0 Å². The molecule has 2 aliphatic heterocycles. The summed E-state index contributed by atoms with van der Waals surface area (Å²) in [6.07, 6.45) is -0.0406. The van der Waals surface area contributed by atoms with Crippen LogP contribution in [0.25, 0.3) is 0 Å². The van der Waals surface area contributed by atoms with Gasteiger partial charge in [0.2, 0.25) is 0 Å². The van der Waals surface area contributed by atoms with Crippen LogP contribution in [0.5, 0.6) is 0 Å². The molecule has 0 aliphatic carbocycles. The van der Waals surface area contributed by atoms with Gasteiger partial charge in [0.25, 0.3) is 0 Å². The molecule has 0 aromatic carbocycles. The van der Waals surface area contributed by atoms with Gasteiger partial charge in [-0.3, -0.25) is 0 Å². The van der Waals surface area contributed by atoms with Crippen molar-refractivity contribution in [3.05, 3.63) is 0 Å². The molecular weight excluding hydrogens is 396 g/mol. The Hall–Kier alpha value is -1.17. The number of amides is 4. The van der Waals surface area contributed by atoms with Crippen LogP contribution in [0.15, 0.2) is 0 Å². The van der Waals surface area contributed by atoms with Crippen LogP contribution in [0.2, 0.25) is 0 Å². The summed E-state index contributed by atoms with van der Waals surface area (Å²) in [7, 11) is 0. The van der Waals surface area contributed by atoms with Crippen molar-refractivity contribution in [2.75, 3.05) is 0 Å². The van der Waals surface area contributed by atoms with Crippen LogP contribution in [0.1, 0.15) is 67.2 Å². The summed E-state index contributed by atoms with van der Waals surface area (Å²) in [5, 5.41) is 1.14. The van der Waals surface area contributed by atoms with Gasteiger partial charge in [0, 0.05) is 0 Å². The molecule has 2 aliphatic rings. The Morgan fingerprint density at radius 2 is 0.889 bits per heavy atom. The van der Waals surface area contributed by atoms with E-state index in [2.05, 4.69) is 0 Å². The number of rotatable bonds is 6. The molecule has 0 radical (unpaired) electrons. The fourth-order valence-electron chi connectivity index (χ4n) is 2.40. The Kier molecular flexibility index (Phi) is 6.30. The second-order valence-electron chi connectivity index (χ2n) is 8.28. The molecule has 27 heavy (non-hydrogen) atoms. The van der Waals surface area contributed by atoms with Gasteiger partial charge in [-0.1, -0.05) is 0 Å². The number of carbonyl (C=O) groups is 4. The molecule has 10 nitrogen and oxygen atoms in total. The van der Waals surface area contributed by atoms with Gasteiger partial charge >= 0.3 is 163 Å². The van der Waals surface area contributed by atoms with Crippen LogP contribution in [0.4, 0.5) is 0 Å². The summed E-state index contributed by atoms with van der Waals surface area (Å²) >= 11 is -5.05. The molecule has 0 unspecified atom stereocenters. The van der Waals surface area contributed by atoms with Crippen molar-refractivity contribution >= 4 is 23.6 Å². The van der Waals surface area contributed by atoms with Crippen LogP contribution in [-0.4, -0.2) is 45.0 Å². The zero-order chi connectivity index (χ0) is 20.6. The van der Waals surface area contributed by atoms with E-state index in [1.54, 1.807) is 41.5 Å². The fourth-order valence-corrected chi connectivity index (χ4v) is 6.43. The quantitative estimate of drug-likeness (QED) is 0.469. The van der Waals surface area contributed by atoms with E-state index in [0.29, 0.717) is 10.1 Å². The second kappa shape index (κ2) is 7.69. The third-order valence-corrected chi connectivity index (χ3v) is 7.24. The van der Waals surface area contributed by atoms with Crippen LogP contribution < -0.4 is 0 Å². The predicted molar refractivity (Wildman–Crippen MR) is 86.0 cm³/mol. The Labute approximate surface area is 163 Å². The summed E-state index contributed by atoms with van der Waals surface area (Å²) in [4.78, 5) is 48.2. The molecule has 0 bridgehead atoms. The fraction of sp³-hybridized carbons (Fsp3) is 0.750. The first-order chi connectivity index (χ1) is 12.2. The number of nitrogens with zero attached hydrogens (tertiary/aromatic N) is 2. The van der Waals surface area contributed by atoms with Crippen molar-refractivity contribution in [3.63, 3.8) is 0 Å². The van der Waals surface area contributed by atoms with Gasteiger partial charge in [-0.25, -0.2) is 0 Å². The SMILES string of the molecule is CC(C)(C)[O][Ti]([O]N1C(=O)CCC1=O)([O]N1C(=O)CCC1=O)[O]C(C)(C)C. The van der Waals surface area contributed by atoms with Crippen LogP contribution >= 0.6 is 0 Å². The van der Waals surface area contributed by atoms with Crippen LogP contribution in [0, 0.1) is 0 Å². The molecule has 0 saturated carbocycles. The van der Waals surface area contributed by atoms with Crippen LogP contribution in [-0.2, 0) is 50.8 Å². The van der Waals surface area contributed by atoms with E-state index in [4.69, 9.17) is 13.5 Å². The zero-order valence-electron chi connectivity index (χ0n) is 16.5. The minimum absolute atomic E-state index is 0.0102. The zero-order valence-corrected chi connectivity index (χ0v) is 18.1. The van der Waals surface area contributed by atoms with E-state index in [1.807, 2.05) is 0 Å². The topological polar surface area (TPSA) is 112 Å². The first-order valence-electron chi connectivity index (χ1n) is 8.72. The van der Waals surface area contributed by atoms with Gasteiger partial charge < -0.3 is 0 Å². The summed E-state index contributed by atoms with van der Waals surface area (Å²) in [5.41, 5.74) is -1.74. The maximum absolute atomic E-state index is 12.1. The minimum atomic E-state index is -5.05. The molecule has 0 aromatic heterocycles. The number of carbonyl (C=O) groups excluding carboxylic acids is 4. The summed E-state index contributed by atoms with van der Waals surface area (Å²) in [5.74, 6) is -2.25. The Morgan fingerprint density at radius 1 is 0.630 bits per heavy atom. The number of imide groups is 2. The van der Waals surface area contributed by atoms with E-state index in [-0.39, 0.29) is 25.7 Å². The van der Waals surface area contributed by atoms with Crippen molar-refractivity contribution < 1.29 is 50.8 Å². The molecule has 2 rings (SSSR count). The average Bonchev–Trinajstić information content (AvgIpc) is 2.94. The molecule has 152 valence electrons. The third kappa shape index (κ3) is 5.90. The molecule has 4 amide bonds. The predicted octanol–water partition coefficient (Wildman–Crippen LogP) is 1.59. The Bertz CT molecular complexity index is 564. The summed E-state index contributed by atoms with van der Waals surface area (Å²) < 4.78 is 23.2. The molecular formula is C16H26N2O8Ti. The van der Waals surface area contributed by atoms with E-state index < -0.39 is 53.0 Å². The van der Waals surface area contributed by atoms with Crippen molar-refractivity contribution in [1.82, 2.24) is 10.1 Å². The van der Waals surface area contributed by atoms with Crippen molar-refractivity contribution in [2.24, 2.45) is 0 Å². The first-order valence-corrected chi connectivity index (χ1v) is 11.3. The normalized spacial score (nSPS) is 19.6.